The predicted molar refractivity (Wildman–Crippen MR) is 208 cm³/mol. The normalized spacial score (nSPS) is 14.6. The fourth-order valence-corrected chi connectivity index (χ4v) is 5.02. The minimum atomic E-state index is 1.00. The van der Waals surface area contributed by atoms with Gasteiger partial charge in [0.15, 0.2) is 0 Å². The van der Waals surface area contributed by atoms with E-state index < -0.39 is 0 Å². The number of nitrogens with zero attached hydrogens (tertiary/aromatic N) is 1. The molecule has 0 unspecified atom stereocenters. The van der Waals surface area contributed by atoms with Crippen LogP contribution >= 0.6 is 0 Å². The smallest absolute Gasteiger partial charge is 0.0462 e. The molecule has 0 bridgehead atoms. The fraction of sp³-hybridized carbons (Fsp3) is 0. The maximum Gasteiger partial charge on any atom is 0.0462 e. The highest BCUT2D eigenvalue weighted by atomic mass is 15.1. The zero-order valence-electron chi connectivity index (χ0n) is 27.0. The van der Waals surface area contributed by atoms with Crippen molar-refractivity contribution in [3.8, 4) is 0 Å². The average molecular weight is 624 g/mol. The summed E-state index contributed by atoms with van der Waals surface area (Å²) < 4.78 is 0. The van der Waals surface area contributed by atoms with Crippen molar-refractivity contribution in [3.05, 3.63) is 250 Å². The lowest BCUT2D eigenvalue weighted by Crippen LogP contribution is -2.09. The molecule has 1 nitrogen and oxygen atoms in total. The van der Waals surface area contributed by atoms with Gasteiger partial charge in [-0.05, 0) is 108 Å². The van der Waals surface area contributed by atoms with Crippen molar-refractivity contribution in [1.29, 1.82) is 0 Å². The topological polar surface area (TPSA) is 3.24 Å². The van der Waals surface area contributed by atoms with Gasteiger partial charge in [0, 0.05) is 33.8 Å². The second-order valence-corrected chi connectivity index (χ2v) is 11.0. The van der Waals surface area contributed by atoms with E-state index in [9.17, 15) is 0 Å². The van der Waals surface area contributed by atoms with Gasteiger partial charge in [-0.25, -0.2) is 0 Å². The zero-order valence-corrected chi connectivity index (χ0v) is 27.0. The van der Waals surface area contributed by atoms with E-state index in [1.54, 1.807) is 0 Å². The van der Waals surface area contributed by atoms with Gasteiger partial charge in [-0.1, -0.05) is 144 Å². The molecule has 6 rings (SSSR count). The molecule has 0 atom stereocenters. The molecule has 0 fully saturated rings. The lowest BCUT2D eigenvalue weighted by molar-refractivity contribution is 1.28. The van der Waals surface area contributed by atoms with Crippen molar-refractivity contribution in [2.24, 2.45) is 0 Å². The van der Waals surface area contributed by atoms with Crippen LogP contribution in [0.15, 0.2) is 233 Å². The molecule has 0 aromatic heterocycles. The SMILES string of the molecule is C1=C=C(C=CC=Cc2ccc(N(c3ccc(C=CC=CC4=C=C=CC=C4)cc3)c3ccc(C=CC=CC4=C=C=CC=C4)cc3)cc2)C=CC=1. The Balaban J connectivity index is 1.21. The third-order valence-corrected chi connectivity index (χ3v) is 7.50. The van der Waals surface area contributed by atoms with Crippen LogP contribution in [0.1, 0.15) is 16.7 Å². The molecule has 0 aliphatic heterocycles. The summed E-state index contributed by atoms with van der Waals surface area (Å²) in [5.74, 6) is 0. The van der Waals surface area contributed by atoms with Crippen molar-refractivity contribution in [3.63, 3.8) is 0 Å². The number of anilines is 3. The van der Waals surface area contributed by atoms with Crippen molar-refractivity contribution >= 4 is 35.3 Å². The summed E-state index contributed by atoms with van der Waals surface area (Å²) in [5, 5.41) is 0. The molecular weight excluding hydrogens is 591 g/mol. The van der Waals surface area contributed by atoms with Gasteiger partial charge in [-0.3, -0.25) is 0 Å². The summed E-state index contributed by atoms with van der Waals surface area (Å²) in [7, 11) is 0. The summed E-state index contributed by atoms with van der Waals surface area (Å²) in [5.41, 5.74) is 27.8. The Labute approximate surface area is 289 Å². The van der Waals surface area contributed by atoms with E-state index in [1.807, 2.05) is 109 Å². The average Bonchev–Trinajstić information content (AvgIpc) is 3.17. The van der Waals surface area contributed by atoms with E-state index in [2.05, 4.69) is 130 Å². The van der Waals surface area contributed by atoms with E-state index in [0.717, 1.165) is 50.5 Å². The van der Waals surface area contributed by atoms with Crippen LogP contribution in [0.2, 0.25) is 0 Å². The Bertz CT molecular complexity index is 2010. The first-order chi connectivity index (χ1) is 24.3. The second-order valence-electron chi connectivity index (χ2n) is 11.0. The highest BCUT2D eigenvalue weighted by Crippen LogP contribution is 2.35. The molecule has 230 valence electrons. The molecule has 3 aromatic rings. The molecule has 3 aromatic carbocycles. The highest BCUT2D eigenvalue weighted by Gasteiger charge is 2.12. The molecule has 0 saturated heterocycles. The molecule has 49 heavy (non-hydrogen) atoms. The Morgan fingerprint density at radius 2 is 0.633 bits per heavy atom. The Kier molecular flexibility index (Phi) is 11.1. The van der Waals surface area contributed by atoms with Crippen LogP contribution in [0.25, 0.3) is 18.2 Å². The number of benzene rings is 3. The Morgan fingerprint density at radius 3 is 0.898 bits per heavy atom. The minimum absolute atomic E-state index is 1.00. The van der Waals surface area contributed by atoms with Gasteiger partial charge in [-0.15, -0.1) is 0 Å². The van der Waals surface area contributed by atoms with Crippen molar-refractivity contribution < 1.29 is 0 Å². The molecule has 0 spiro atoms. The molecule has 0 saturated carbocycles. The lowest BCUT2D eigenvalue weighted by atomic mass is 10.1. The van der Waals surface area contributed by atoms with E-state index in [4.69, 9.17) is 0 Å². The zero-order chi connectivity index (χ0) is 33.4. The summed E-state index contributed by atoms with van der Waals surface area (Å²) >= 11 is 0. The monoisotopic (exact) mass is 623 g/mol. The maximum absolute atomic E-state index is 3.09. The number of hydrogen-bond donors (Lipinski definition) is 0. The van der Waals surface area contributed by atoms with Gasteiger partial charge in [0.05, 0.1) is 0 Å². The first kappa shape index (κ1) is 32.0. The van der Waals surface area contributed by atoms with Crippen LogP contribution in [0.4, 0.5) is 17.1 Å². The van der Waals surface area contributed by atoms with E-state index in [1.165, 1.54) is 0 Å². The summed E-state index contributed by atoms with van der Waals surface area (Å²) in [6.45, 7) is 0. The number of allylic oxidation sites excluding steroid dienone is 21. The first-order valence-corrected chi connectivity index (χ1v) is 16.1. The molecule has 0 N–H and O–H groups in total. The number of hydrogen-bond acceptors (Lipinski definition) is 1. The van der Waals surface area contributed by atoms with Crippen LogP contribution < -0.4 is 4.90 Å². The predicted octanol–water partition coefficient (Wildman–Crippen LogP) is 12.3. The fourth-order valence-electron chi connectivity index (χ4n) is 5.02. The standard InChI is InChI=1S/C48H33N/c1-4-16-40(17-5-1)22-10-13-25-43-28-34-46(35-29-43)49(47-36-30-44(31-37-47)26-14-11-23-41-18-6-2-7-19-41)48-38-32-45(33-39-48)27-15-12-24-42-20-8-3-9-21-42/h1-4,6,8,10-16,18,20,22-39H. The molecule has 0 heterocycles. The minimum Gasteiger partial charge on any atom is -0.311 e. The van der Waals surface area contributed by atoms with Crippen molar-refractivity contribution in [2.45, 2.75) is 0 Å². The first-order valence-electron chi connectivity index (χ1n) is 16.1. The number of rotatable bonds is 12. The van der Waals surface area contributed by atoms with E-state index in [-0.39, 0.29) is 0 Å². The third-order valence-electron chi connectivity index (χ3n) is 7.50. The molecule has 1 heteroatoms. The lowest BCUT2D eigenvalue weighted by Gasteiger charge is -2.26. The van der Waals surface area contributed by atoms with Crippen LogP contribution in [-0.2, 0) is 0 Å². The molecule has 0 radical (unpaired) electrons. The van der Waals surface area contributed by atoms with Crippen LogP contribution in [0.5, 0.6) is 0 Å². The third kappa shape index (κ3) is 9.75. The van der Waals surface area contributed by atoms with Crippen molar-refractivity contribution in [2.75, 3.05) is 4.90 Å². The summed E-state index contributed by atoms with van der Waals surface area (Å²) in [4.78, 5) is 2.28. The quantitative estimate of drug-likeness (QED) is 0.143. The van der Waals surface area contributed by atoms with Crippen LogP contribution in [0, 0.1) is 0 Å². The Morgan fingerprint density at radius 1 is 0.347 bits per heavy atom. The highest BCUT2D eigenvalue weighted by molar-refractivity contribution is 5.78. The summed E-state index contributed by atoms with van der Waals surface area (Å²) in [6.07, 6.45) is 42.0. The second kappa shape index (κ2) is 17.1. The van der Waals surface area contributed by atoms with E-state index in [0.29, 0.717) is 0 Å². The van der Waals surface area contributed by atoms with Gasteiger partial charge in [-0.2, -0.15) is 0 Å². The van der Waals surface area contributed by atoms with Gasteiger partial charge in [0.25, 0.3) is 0 Å². The van der Waals surface area contributed by atoms with Crippen LogP contribution in [-0.4, -0.2) is 0 Å². The van der Waals surface area contributed by atoms with Crippen LogP contribution in [0.3, 0.4) is 0 Å². The molecule has 0 amide bonds. The van der Waals surface area contributed by atoms with Gasteiger partial charge < -0.3 is 4.90 Å². The molecular formula is C48H33N. The Hall–Kier alpha value is -6.98. The molecule has 3 aliphatic carbocycles. The van der Waals surface area contributed by atoms with E-state index >= 15 is 0 Å². The maximum atomic E-state index is 3.09. The largest absolute Gasteiger partial charge is 0.311 e. The van der Waals surface area contributed by atoms with Gasteiger partial charge >= 0.3 is 0 Å². The van der Waals surface area contributed by atoms with Gasteiger partial charge in [0.1, 0.15) is 0 Å². The molecule has 3 aliphatic rings. The van der Waals surface area contributed by atoms with Gasteiger partial charge in [0.2, 0.25) is 0 Å². The van der Waals surface area contributed by atoms with Crippen molar-refractivity contribution in [1.82, 2.24) is 0 Å². The summed E-state index contributed by atoms with van der Waals surface area (Å²) in [6, 6.07) is 25.8.